The molecule has 18 heavy (non-hydrogen) atoms. The highest BCUT2D eigenvalue weighted by atomic mass is 15.0. The van der Waals surface area contributed by atoms with Gasteiger partial charge in [-0.05, 0) is 24.5 Å². The minimum absolute atomic E-state index is 0.275. The molecule has 2 aromatic rings. The van der Waals surface area contributed by atoms with Crippen LogP contribution in [0, 0.1) is 0 Å². The van der Waals surface area contributed by atoms with Crippen LogP contribution in [0.1, 0.15) is 30.4 Å². The van der Waals surface area contributed by atoms with Gasteiger partial charge in [0.05, 0.1) is 0 Å². The van der Waals surface area contributed by atoms with E-state index in [0.29, 0.717) is 5.92 Å². The summed E-state index contributed by atoms with van der Waals surface area (Å²) in [5, 5.41) is 3.70. The standard InChI is InChI=1S/C17H19N/c1-17(18-13-14-8-4-2-5-9-14)12-16(17)15-10-6-3-7-11-15/h2-11,16,18H,12-13H2,1H3. The van der Waals surface area contributed by atoms with Crippen LogP contribution in [-0.4, -0.2) is 5.54 Å². The van der Waals surface area contributed by atoms with Crippen molar-refractivity contribution < 1.29 is 0 Å². The third-order valence-electron chi connectivity index (χ3n) is 3.98. The van der Waals surface area contributed by atoms with E-state index in [9.17, 15) is 0 Å². The van der Waals surface area contributed by atoms with Gasteiger partial charge in [0.15, 0.2) is 0 Å². The van der Waals surface area contributed by atoms with Crippen molar-refractivity contribution in [3.05, 3.63) is 71.8 Å². The predicted molar refractivity (Wildman–Crippen MR) is 75.5 cm³/mol. The van der Waals surface area contributed by atoms with E-state index in [1.165, 1.54) is 17.5 Å². The summed E-state index contributed by atoms with van der Waals surface area (Å²) in [6, 6.07) is 21.4. The summed E-state index contributed by atoms with van der Waals surface area (Å²) in [4.78, 5) is 0. The van der Waals surface area contributed by atoms with Gasteiger partial charge in [0.2, 0.25) is 0 Å². The van der Waals surface area contributed by atoms with Gasteiger partial charge < -0.3 is 5.32 Å². The largest absolute Gasteiger partial charge is 0.307 e. The molecule has 0 spiro atoms. The number of nitrogens with one attached hydrogen (secondary N) is 1. The van der Waals surface area contributed by atoms with Crippen molar-refractivity contribution in [1.82, 2.24) is 5.32 Å². The lowest BCUT2D eigenvalue weighted by Crippen LogP contribution is -2.29. The van der Waals surface area contributed by atoms with Gasteiger partial charge in [-0.25, -0.2) is 0 Å². The minimum atomic E-state index is 0.275. The SMILES string of the molecule is CC1(NCc2ccccc2)CC1c1ccccc1. The Morgan fingerprint density at radius 1 is 1.00 bits per heavy atom. The molecule has 92 valence electrons. The van der Waals surface area contributed by atoms with Gasteiger partial charge in [-0.3, -0.25) is 0 Å². The third kappa shape index (κ3) is 2.32. The van der Waals surface area contributed by atoms with Crippen LogP contribution >= 0.6 is 0 Å². The van der Waals surface area contributed by atoms with E-state index >= 15 is 0 Å². The summed E-state index contributed by atoms with van der Waals surface area (Å²) < 4.78 is 0. The van der Waals surface area contributed by atoms with Gasteiger partial charge in [0, 0.05) is 18.0 Å². The summed E-state index contributed by atoms with van der Waals surface area (Å²) in [5.74, 6) is 0.669. The average Bonchev–Trinajstić information content (AvgIpc) is 3.12. The number of rotatable bonds is 4. The second kappa shape index (κ2) is 4.58. The highest BCUT2D eigenvalue weighted by molar-refractivity contribution is 5.32. The van der Waals surface area contributed by atoms with Crippen LogP contribution in [0.25, 0.3) is 0 Å². The summed E-state index contributed by atoms with van der Waals surface area (Å²) in [5.41, 5.74) is 3.09. The Balaban J connectivity index is 1.62. The normalized spacial score (nSPS) is 25.9. The summed E-state index contributed by atoms with van der Waals surface area (Å²) in [7, 11) is 0. The van der Waals surface area contributed by atoms with Crippen molar-refractivity contribution in [3.63, 3.8) is 0 Å². The first kappa shape index (κ1) is 11.5. The van der Waals surface area contributed by atoms with E-state index in [2.05, 4.69) is 72.9 Å². The van der Waals surface area contributed by atoms with Gasteiger partial charge in [-0.2, -0.15) is 0 Å². The van der Waals surface area contributed by atoms with Crippen molar-refractivity contribution in [2.75, 3.05) is 0 Å². The zero-order valence-corrected chi connectivity index (χ0v) is 10.8. The Morgan fingerprint density at radius 3 is 2.28 bits per heavy atom. The molecule has 0 aliphatic heterocycles. The molecule has 1 aliphatic rings. The molecule has 1 saturated carbocycles. The van der Waals surface area contributed by atoms with Gasteiger partial charge >= 0.3 is 0 Å². The molecule has 0 aromatic heterocycles. The van der Waals surface area contributed by atoms with Crippen molar-refractivity contribution >= 4 is 0 Å². The fourth-order valence-electron chi connectivity index (χ4n) is 2.63. The van der Waals surface area contributed by atoms with Crippen molar-refractivity contribution in [3.8, 4) is 0 Å². The lowest BCUT2D eigenvalue weighted by molar-refractivity contribution is 0.522. The molecule has 0 saturated heterocycles. The molecule has 0 bridgehead atoms. The van der Waals surface area contributed by atoms with E-state index in [1.54, 1.807) is 0 Å². The molecule has 3 rings (SSSR count). The van der Waals surface area contributed by atoms with E-state index < -0.39 is 0 Å². The van der Waals surface area contributed by atoms with Gasteiger partial charge in [0.25, 0.3) is 0 Å². The lowest BCUT2D eigenvalue weighted by Gasteiger charge is -2.14. The first-order valence-corrected chi connectivity index (χ1v) is 6.62. The average molecular weight is 237 g/mol. The highest BCUT2D eigenvalue weighted by Crippen LogP contribution is 2.51. The second-order valence-corrected chi connectivity index (χ2v) is 5.42. The number of hydrogen-bond acceptors (Lipinski definition) is 1. The topological polar surface area (TPSA) is 12.0 Å². The molecule has 1 N–H and O–H groups in total. The van der Waals surface area contributed by atoms with Gasteiger partial charge in [0.1, 0.15) is 0 Å². The van der Waals surface area contributed by atoms with Crippen LogP contribution in [0.4, 0.5) is 0 Å². The first-order chi connectivity index (χ1) is 8.78. The van der Waals surface area contributed by atoms with Crippen molar-refractivity contribution in [1.29, 1.82) is 0 Å². The predicted octanol–water partition coefficient (Wildman–Crippen LogP) is 3.72. The van der Waals surface area contributed by atoms with Crippen LogP contribution in [-0.2, 0) is 6.54 Å². The highest BCUT2D eigenvalue weighted by Gasteiger charge is 2.50. The maximum Gasteiger partial charge on any atom is 0.0232 e. The molecule has 0 radical (unpaired) electrons. The Morgan fingerprint density at radius 2 is 1.61 bits per heavy atom. The molecule has 2 aromatic carbocycles. The Hall–Kier alpha value is -1.60. The molecule has 0 amide bonds. The Bertz CT molecular complexity index is 506. The van der Waals surface area contributed by atoms with Crippen LogP contribution in [0.3, 0.4) is 0 Å². The Labute approximate surface area is 109 Å². The molecule has 2 unspecified atom stereocenters. The summed E-state index contributed by atoms with van der Waals surface area (Å²) >= 11 is 0. The molecular formula is C17H19N. The smallest absolute Gasteiger partial charge is 0.0232 e. The molecule has 1 heteroatoms. The van der Waals surface area contributed by atoms with Gasteiger partial charge in [-0.15, -0.1) is 0 Å². The third-order valence-corrected chi connectivity index (χ3v) is 3.98. The molecule has 2 atom stereocenters. The molecular weight excluding hydrogens is 218 g/mol. The molecule has 0 heterocycles. The maximum atomic E-state index is 3.70. The first-order valence-electron chi connectivity index (χ1n) is 6.62. The van der Waals surface area contributed by atoms with E-state index in [0.717, 1.165) is 6.54 Å². The number of benzene rings is 2. The summed E-state index contributed by atoms with van der Waals surface area (Å²) in [6.45, 7) is 3.29. The van der Waals surface area contributed by atoms with Crippen molar-refractivity contribution in [2.24, 2.45) is 0 Å². The molecule has 1 nitrogen and oxygen atoms in total. The maximum absolute atomic E-state index is 3.70. The summed E-state index contributed by atoms with van der Waals surface area (Å²) in [6.07, 6.45) is 1.24. The van der Waals surface area contributed by atoms with Crippen LogP contribution < -0.4 is 5.32 Å². The fraction of sp³-hybridized carbons (Fsp3) is 0.294. The van der Waals surface area contributed by atoms with E-state index in [4.69, 9.17) is 0 Å². The zero-order chi connectivity index (χ0) is 12.4. The lowest BCUT2D eigenvalue weighted by atomic mass is 10.1. The van der Waals surface area contributed by atoms with E-state index in [1.807, 2.05) is 0 Å². The van der Waals surface area contributed by atoms with Crippen molar-refractivity contribution in [2.45, 2.75) is 31.3 Å². The van der Waals surface area contributed by atoms with Gasteiger partial charge in [-0.1, -0.05) is 60.7 Å². The van der Waals surface area contributed by atoms with Crippen LogP contribution in [0.5, 0.6) is 0 Å². The minimum Gasteiger partial charge on any atom is -0.307 e. The fourth-order valence-corrected chi connectivity index (χ4v) is 2.63. The van der Waals surface area contributed by atoms with Crippen LogP contribution in [0.15, 0.2) is 60.7 Å². The zero-order valence-electron chi connectivity index (χ0n) is 10.8. The second-order valence-electron chi connectivity index (χ2n) is 5.42. The van der Waals surface area contributed by atoms with E-state index in [-0.39, 0.29) is 5.54 Å². The molecule has 1 aliphatic carbocycles. The van der Waals surface area contributed by atoms with Crippen LogP contribution in [0.2, 0.25) is 0 Å². The monoisotopic (exact) mass is 237 g/mol. The quantitative estimate of drug-likeness (QED) is 0.854. The molecule has 1 fully saturated rings. The number of hydrogen-bond donors (Lipinski definition) is 1. The Kier molecular flexibility index (Phi) is 2.92.